The Hall–Kier alpha value is -2.67. The summed E-state index contributed by atoms with van der Waals surface area (Å²) in [5.74, 6) is -0.727. The molecule has 8 heteroatoms. The first-order valence-corrected chi connectivity index (χ1v) is 10.8. The van der Waals surface area contributed by atoms with Crippen LogP contribution >= 0.6 is 11.6 Å². The normalized spacial score (nSPS) is 25.2. The summed E-state index contributed by atoms with van der Waals surface area (Å²) in [5, 5.41) is 3.99. The van der Waals surface area contributed by atoms with Crippen LogP contribution < -0.4 is 5.32 Å². The van der Waals surface area contributed by atoms with Crippen LogP contribution in [-0.2, 0) is 20.9 Å². The third kappa shape index (κ3) is 4.24. The number of amides is 3. The number of hydrogen-bond acceptors (Lipinski definition) is 5. The van der Waals surface area contributed by atoms with Crippen molar-refractivity contribution in [2.75, 3.05) is 6.54 Å². The van der Waals surface area contributed by atoms with E-state index in [0.29, 0.717) is 24.3 Å². The highest BCUT2D eigenvalue weighted by molar-refractivity contribution is 6.30. The number of imide groups is 1. The first-order chi connectivity index (χ1) is 14.6. The predicted molar refractivity (Wildman–Crippen MR) is 116 cm³/mol. The number of nitrogens with one attached hydrogen (secondary N) is 1. The van der Waals surface area contributed by atoms with Crippen LogP contribution in [-0.4, -0.2) is 39.9 Å². The second-order valence-corrected chi connectivity index (χ2v) is 9.91. The molecule has 1 aromatic heterocycles. The number of halogens is 1. The minimum Gasteiger partial charge on any atom is -0.459 e. The standard InChI is InChI=1S/C23H26ClN3O4/c1-14-9-22(2,3)13-23(10-14)20(29)27(21(30)26-23)11-18(28)31-12-16-8-15-6-4-5-7-17(15)25-19(16)24/h4-8,14H,9-13H2,1-3H3,(H,26,30)/t14-,23-/m0/s1. The number of fused-ring (bicyclic) bond motifs is 1. The molecule has 1 spiro atoms. The van der Waals surface area contributed by atoms with Gasteiger partial charge >= 0.3 is 12.0 Å². The average Bonchev–Trinajstić information content (AvgIpc) is 2.88. The Balaban J connectivity index is 1.43. The van der Waals surface area contributed by atoms with Crippen LogP contribution in [0, 0.1) is 11.3 Å². The zero-order chi connectivity index (χ0) is 22.4. The first kappa shape index (κ1) is 21.6. The average molecular weight is 444 g/mol. The number of ether oxygens (including phenoxy) is 1. The highest BCUT2D eigenvalue weighted by atomic mass is 35.5. The lowest BCUT2D eigenvalue weighted by Gasteiger charge is -2.43. The minimum atomic E-state index is -0.940. The number of para-hydroxylation sites is 1. The summed E-state index contributed by atoms with van der Waals surface area (Å²) in [4.78, 5) is 43.4. The Bertz CT molecular complexity index is 1070. The zero-order valence-electron chi connectivity index (χ0n) is 17.9. The Morgan fingerprint density at radius 1 is 1.29 bits per heavy atom. The summed E-state index contributed by atoms with van der Waals surface area (Å²) in [6.45, 7) is 5.76. The van der Waals surface area contributed by atoms with Gasteiger partial charge in [0, 0.05) is 10.9 Å². The number of benzene rings is 1. The van der Waals surface area contributed by atoms with E-state index in [1.165, 1.54) is 0 Å². The van der Waals surface area contributed by atoms with Gasteiger partial charge in [-0.2, -0.15) is 0 Å². The number of carbonyl (C=O) groups is 3. The van der Waals surface area contributed by atoms with Gasteiger partial charge in [-0.1, -0.05) is 50.6 Å². The van der Waals surface area contributed by atoms with Crippen molar-refractivity contribution in [1.82, 2.24) is 15.2 Å². The summed E-state index contributed by atoms with van der Waals surface area (Å²) in [6.07, 6.45) is 2.12. The fraction of sp³-hybridized carbons (Fsp3) is 0.478. The second kappa shape index (κ2) is 7.79. The minimum absolute atomic E-state index is 0.0725. The van der Waals surface area contributed by atoms with Gasteiger partial charge in [-0.25, -0.2) is 9.78 Å². The molecule has 2 atom stereocenters. The third-order valence-corrected chi connectivity index (χ3v) is 6.38. The van der Waals surface area contributed by atoms with Gasteiger partial charge < -0.3 is 10.1 Å². The number of nitrogens with zero attached hydrogens (tertiary/aromatic N) is 2. The monoisotopic (exact) mass is 443 g/mol. The van der Waals surface area contributed by atoms with Crippen molar-refractivity contribution in [3.05, 3.63) is 41.0 Å². The number of pyridine rings is 1. The maximum Gasteiger partial charge on any atom is 0.326 e. The molecule has 1 aliphatic heterocycles. The molecule has 0 radical (unpaired) electrons. The van der Waals surface area contributed by atoms with Gasteiger partial charge in [0.1, 0.15) is 23.8 Å². The van der Waals surface area contributed by atoms with Crippen molar-refractivity contribution in [3.8, 4) is 0 Å². The molecule has 2 fully saturated rings. The number of aromatic nitrogens is 1. The van der Waals surface area contributed by atoms with Crippen molar-refractivity contribution >= 4 is 40.4 Å². The van der Waals surface area contributed by atoms with Gasteiger partial charge in [0.25, 0.3) is 5.91 Å². The molecular formula is C23H26ClN3O4. The first-order valence-electron chi connectivity index (χ1n) is 10.4. The smallest absolute Gasteiger partial charge is 0.326 e. The summed E-state index contributed by atoms with van der Waals surface area (Å²) >= 11 is 6.21. The van der Waals surface area contributed by atoms with Gasteiger partial charge in [-0.3, -0.25) is 14.5 Å². The number of hydrogen-bond donors (Lipinski definition) is 1. The number of carbonyl (C=O) groups excluding carboxylic acids is 3. The molecule has 0 unspecified atom stereocenters. The molecule has 1 aliphatic carbocycles. The molecule has 31 heavy (non-hydrogen) atoms. The van der Waals surface area contributed by atoms with Gasteiger partial charge in [0.15, 0.2) is 0 Å². The van der Waals surface area contributed by atoms with E-state index in [9.17, 15) is 14.4 Å². The van der Waals surface area contributed by atoms with E-state index < -0.39 is 24.1 Å². The summed E-state index contributed by atoms with van der Waals surface area (Å²) < 4.78 is 5.32. The van der Waals surface area contributed by atoms with Crippen LogP contribution in [0.4, 0.5) is 4.79 Å². The second-order valence-electron chi connectivity index (χ2n) is 9.55. The molecular weight excluding hydrogens is 418 g/mol. The molecule has 1 aromatic carbocycles. The van der Waals surface area contributed by atoms with E-state index in [0.717, 1.165) is 22.2 Å². The zero-order valence-corrected chi connectivity index (χ0v) is 18.7. The molecule has 7 nitrogen and oxygen atoms in total. The highest BCUT2D eigenvalue weighted by Gasteiger charge is 2.56. The van der Waals surface area contributed by atoms with Crippen LogP contribution in [0.5, 0.6) is 0 Å². The number of rotatable bonds is 4. The van der Waals surface area contributed by atoms with Crippen LogP contribution in [0.2, 0.25) is 5.15 Å². The van der Waals surface area contributed by atoms with E-state index >= 15 is 0 Å². The fourth-order valence-electron chi connectivity index (χ4n) is 5.22. The highest BCUT2D eigenvalue weighted by Crippen LogP contribution is 2.46. The SMILES string of the molecule is C[C@H]1CC(C)(C)C[C@]2(C1)NC(=O)N(CC(=O)OCc1cc3ccccc3nc1Cl)C2=O. The fourth-order valence-corrected chi connectivity index (χ4v) is 5.42. The molecule has 1 N–H and O–H groups in total. The van der Waals surface area contributed by atoms with Crippen molar-refractivity contribution in [2.45, 2.75) is 52.2 Å². The number of esters is 1. The molecule has 3 amide bonds. The van der Waals surface area contributed by atoms with Gasteiger partial charge in [0.05, 0.1) is 5.52 Å². The van der Waals surface area contributed by atoms with Crippen molar-refractivity contribution in [1.29, 1.82) is 0 Å². The molecule has 2 aromatic rings. The molecule has 2 aliphatic rings. The lowest BCUT2D eigenvalue weighted by Crippen LogP contribution is -2.54. The summed E-state index contributed by atoms with van der Waals surface area (Å²) in [7, 11) is 0. The Labute approximate surface area is 186 Å². The Morgan fingerprint density at radius 3 is 2.77 bits per heavy atom. The van der Waals surface area contributed by atoms with E-state index in [-0.39, 0.29) is 23.1 Å². The molecule has 1 saturated heterocycles. The quantitative estimate of drug-likeness (QED) is 0.437. The molecule has 2 heterocycles. The number of urea groups is 1. The third-order valence-electron chi connectivity index (χ3n) is 6.05. The van der Waals surface area contributed by atoms with Crippen LogP contribution in [0.1, 0.15) is 45.6 Å². The van der Waals surface area contributed by atoms with Crippen LogP contribution in [0.3, 0.4) is 0 Å². The lowest BCUT2D eigenvalue weighted by molar-refractivity contribution is -0.149. The van der Waals surface area contributed by atoms with Crippen LogP contribution in [0.25, 0.3) is 10.9 Å². The summed E-state index contributed by atoms with van der Waals surface area (Å²) in [6, 6.07) is 8.75. The van der Waals surface area contributed by atoms with E-state index in [2.05, 4.69) is 31.1 Å². The molecule has 0 bridgehead atoms. The topological polar surface area (TPSA) is 88.6 Å². The Morgan fingerprint density at radius 2 is 2.03 bits per heavy atom. The van der Waals surface area contributed by atoms with E-state index in [1.54, 1.807) is 0 Å². The Kier molecular flexibility index (Phi) is 5.41. The maximum absolute atomic E-state index is 13.1. The molecule has 164 valence electrons. The predicted octanol–water partition coefficient (Wildman–Crippen LogP) is 4.07. The van der Waals surface area contributed by atoms with Crippen molar-refractivity contribution in [2.24, 2.45) is 11.3 Å². The largest absolute Gasteiger partial charge is 0.459 e. The van der Waals surface area contributed by atoms with Crippen molar-refractivity contribution in [3.63, 3.8) is 0 Å². The molecule has 4 rings (SSSR count). The maximum atomic E-state index is 13.1. The van der Waals surface area contributed by atoms with Gasteiger partial charge in [-0.05, 0) is 42.7 Å². The summed E-state index contributed by atoms with van der Waals surface area (Å²) in [5.41, 5.74) is 0.295. The van der Waals surface area contributed by atoms with E-state index in [1.807, 2.05) is 30.3 Å². The van der Waals surface area contributed by atoms with Crippen LogP contribution in [0.15, 0.2) is 30.3 Å². The van der Waals surface area contributed by atoms with E-state index in [4.69, 9.17) is 16.3 Å². The molecule has 1 saturated carbocycles. The van der Waals surface area contributed by atoms with Gasteiger partial charge in [0.2, 0.25) is 0 Å². The lowest BCUT2D eigenvalue weighted by atomic mass is 9.64. The van der Waals surface area contributed by atoms with Gasteiger partial charge in [-0.15, -0.1) is 0 Å². The van der Waals surface area contributed by atoms with Crippen molar-refractivity contribution < 1.29 is 19.1 Å².